The molecule has 0 N–H and O–H groups in total. The molecule has 0 saturated carbocycles. The molecule has 0 bridgehead atoms. The molecule has 2 aromatic rings. The standard InChI is InChI=1S/C30H31FN2OS/c1-6-25-18-24(11-10-21(25)2)19-26-14-12-23(20-28(26)31)13-15-27-8-7-9-29(22(3)16-17-35-5)33(4)30(34)32-27/h10-11,16-18,20,29H,3,6,8,13,15,19H2,1-2,4-5H3/b17-16-,32-27?. The van der Waals surface area contributed by atoms with Crippen LogP contribution in [0.5, 0.6) is 0 Å². The third-order valence-corrected chi connectivity index (χ3v) is 6.47. The van der Waals surface area contributed by atoms with Gasteiger partial charge in [0.25, 0.3) is 0 Å². The zero-order valence-electron chi connectivity index (χ0n) is 20.9. The summed E-state index contributed by atoms with van der Waals surface area (Å²) in [7, 11) is 1.68. The number of urea groups is 1. The number of hydrogen-bond acceptors (Lipinski definition) is 2. The lowest BCUT2D eigenvalue weighted by Gasteiger charge is -2.24. The molecule has 3 rings (SSSR count). The van der Waals surface area contributed by atoms with Crippen LogP contribution in [0.25, 0.3) is 0 Å². The van der Waals surface area contributed by atoms with Crippen LogP contribution in [0.15, 0.2) is 52.9 Å². The maximum Gasteiger partial charge on any atom is 0.344 e. The Morgan fingerprint density at radius 1 is 1.31 bits per heavy atom. The van der Waals surface area contributed by atoms with Gasteiger partial charge < -0.3 is 4.90 Å². The summed E-state index contributed by atoms with van der Waals surface area (Å²) in [6.45, 7) is 8.25. The Bertz CT molecular complexity index is 1220. The number of aryl methyl sites for hydroxylation is 3. The molecule has 1 heterocycles. The summed E-state index contributed by atoms with van der Waals surface area (Å²) >= 11 is 1.56. The number of thioether (sulfide) groups is 1. The first-order valence-electron chi connectivity index (χ1n) is 11.7. The number of carbonyl (C=O) groups excluding carboxylic acids is 1. The van der Waals surface area contributed by atoms with Gasteiger partial charge in [0.15, 0.2) is 0 Å². The van der Waals surface area contributed by atoms with E-state index in [9.17, 15) is 9.18 Å². The number of halogens is 1. The van der Waals surface area contributed by atoms with E-state index in [2.05, 4.69) is 61.5 Å². The normalized spacial score (nSPS) is 15.7. The first-order valence-corrected chi connectivity index (χ1v) is 13.0. The van der Waals surface area contributed by atoms with Crippen LogP contribution in [-0.2, 0) is 19.3 Å². The zero-order chi connectivity index (χ0) is 25.4. The smallest absolute Gasteiger partial charge is 0.308 e. The van der Waals surface area contributed by atoms with Gasteiger partial charge in [0.05, 0.1) is 0 Å². The lowest BCUT2D eigenvalue weighted by atomic mass is 9.98. The average molecular weight is 487 g/mol. The van der Waals surface area contributed by atoms with E-state index in [1.54, 1.807) is 18.8 Å². The molecular formula is C30H31FN2OS. The fourth-order valence-electron chi connectivity index (χ4n) is 3.90. The number of amides is 2. The lowest BCUT2D eigenvalue weighted by Crippen LogP contribution is -2.36. The van der Waals surface area contributed by atoms with Gasteiger partial charge in [0.1, 0.15) is 11.9 Å². The number of nitrogens with zero attached hydrogens (tertiary/aromatic N) is 2. The lowest BCUT2D eigenvalue weighted by molar-refractivity contribution is 0.216. The van der Waals surface area contributed by atoms with Crippen LogP contribution >= 0.6 is 11.8 Å². The highest BCUT2D eigenvalue weighted by atomic mass is 32.2. The predicted octanol–water partition coefficient (Wildman–Crippen LogP) is 6.52. The van der Waals surface area contributed by atoms with E-state index in [0.29, 0.717) is 42.5 Å². The minimum absolute atomic E-state index is 0.285. The van der Waals surface area contributed by atoms with E-state index in [-0.39, 0.29) is 11.8 Å². The number of rotatable bonds is 9. The molecule has 180 valence electrons. The van der Waals surface area contributed by atoms with Crippen LogP contribution in [0.3, 0.4) is 0 Å². The van der Waals surface area contributed by atoms with Gasteiger partial charge in [-0.3, -0.25) is 0 Å². The van der Waals surface area contributed by atoms with Crippen molar-refractivity contribution < 1.29 is 9.18 Å². The van der Waals surface area contributed by atoms with Crippen molar-refractivity contribution in [3.05, 3.63) is 93.7 Å². The zero-order valence-corrected chi connectivity index (χ0v) is 21.7. The van der Waals surface area contributed by atoms with Gasteiger partial charge in [-0.05, 0) is 66.2 Å². The summed E-state index contributed by atoms with van der Waals surface area (Å²) in [5.41, 5.74) is 6.24. The second-order valence-electron chi connectivity index (χ2n) is 8.62. The van der Waals surface area contributed by atoms with Crippen molar-refractivity contribution >= 4 is 23.5 Å². The molecule has 1 aliphatic heterocycles. The molecule has 35 heavy (non-hydrogen) atoms. The summed E-state index contributed by atoms with van der Waals surface area (Å²) in [6, 6.07) is 13.1. The Morgan fingerprint density at radius 2 is 2.11 bits per heavy atom. The topological polar surface area (TPSA) is 32.7 Å². The number of aliphatic imine (C=N–C) groups is 1. The van der Waals surface area contributed by atoms with Crippen LogP contribution in [-0.4, -0.2) is 36.0 Å². The molecule has 2 aromatic carbocycles. The molecule has 1 unspecified atom stereocenters. The van der Waals surface area contributed by atoms with Crippen LogP contribution in [0.4, 0.5) is 9.18 Å². The number of carbonyl (C=O) groups is 1. The van der Waals surface area contributed by atoms with Crippen molar-refractivity contribution in [3.8, 4) is 11.8 Å². The molecule has 0 fully saturated rings. The molecule has 0 spiro atoms. The van der Waals surface area contributed by atoms with Gasteiger partial charge in [-0.15, -0.1) is 11.8 Å². The van der Waals surface area contributed by atoms with Crippen LogP contribution in [0.1, 0.15) is 47.6 Å². The Kier molecular flexibility index (Phi) is 9.35. The van der Waals surface area contributed by atoms with E-state index in [1.807, 2.05) is 23.8 Å². The largest absolute Gasteiger partial charge is 0.344 e. The van der Waals surface area contributed by atoms with E-state index in [0.717, 1.165) is 17.6 Å². The van der Waals surface area contributed by atoms with E-state index in [1.165, 1.54) is 22.1 Å². The Morgan fingerprint density at radius 3 is 2.83 bits per heavy atom. The Labute approximate surface area is 213 Å². The fraction of sp³-hybridized carbons (Fsp3) is 0.333. The van der Waals surface area contributed by atoms with Gasteiger partial charge >= 0.3 is 6.03 Å². The van der Waals surface area contributed by atoms with Crippen LogP contribution in [0.2, 0.25) is 0 Å². The highest BCUT2D eigenvalue weighted by molar-refractivity contribution is 8.01. The quantitative estimate of drug-likeness (QED) is 0.298. The summed E-state index contributed by atoms with van der Waals surface area (Å²) in [5, 5.41) is 1.91. The second kappa shape index (κ2) is 12.4. The van der Waals surface area contributed by atoms with Crippen molar-refractivity contribution in [2.24, 2.45) is 4.99 Å². The molecule has 5 heteroatoms. The molecule has 2 amide bonds. The molecule has 0 radical (unpaired) electrons. The van der Waals surface area contributed by atoms with Crippen molar-refractivity contribution in [3.63, 3.8) is 0 Å². The molecule has 1 atom stereocenters. The molecular weight excluding hydrogens is 455 g/mol. The summed E-state index contributed by atoms with van der Waals surface area (Å²) in [6.07, 6.45) is 6.68. The van der Waals surface area contributed by atoms with Gasteiger partial charge in [-0.25, -0.2) is 14.2 Å². The Balaban J connectivity index is 1.65. The third-order valence-electron chi connectivity index (χ3n) is 6.06. The summed E-state index contributed by atoms with van der Waals surface area (Å²) in [4.78, 5) is 18.4. The molecule has 0 aromatic heterocycles. The van der Waals surface area contributed by atoms with Gasteiger partial charge in [-0.2, -0.15) is 0 Å². The molecule has 0 aliphatic carbocycles. The van der Waals surface area contributed by atoms with Crippen molar-refractivity contribution in [2.45, 2.75) is 52.0 Å². The predicted molar refractivity (Wildman–Crippen MR) is 144 cm³/mol. The maximum absolute atomic E-state index is 14.8. The fourth-order valence-corrected chi connectivity index (χ4v) is 4.21. The van der Waals surface area contributed by atoms with Crippen LogP contribution in [0, 0.1) is 36.7 Å². The monoisotopic (exact) mass is 486 g/mol. The third kappa shape index (κ3) is 7.10. The van der Waals surface area contributed by atoms with Gasteiger partial charge in [0.2, 0.25) is 0 Å². The van der Waals surface area contributed by atoms with E-state index < -0.39 is 6.04 Å². The Hall–Kier alpha value is -3.28. The van der Waals surface area contributed by atoms with Crippen molar-refractivity contribution in [1.82, 2.24) is 4.90 Å². The second-order valence-corrected chi connectivity index (χ2v) is 9.37. The summed E-state index contributed by atoms with van der Waals surface area (Å²) in [5.74, 6) is 5.97. The van der Waals surface area contributed by atoms with E-state index in [4.69, 9.17) is 0 Å². The number of hydrogen-bond donors (Lipinski definition) is 0. The number of likely N-dealkylation sites (N-methyl/N-ethyl adjacent to an activating group) is 1. The summed E-state index contributed by atoms with van der Waals surface area (Å²) < 4.78 is 14.8. The van der Waals surface area contributed by atoms with E-state index >= 15 is 0 Å². The van der Waals surface area contributed by atoms with Crippen LogP contribution < -0.4 is 0 Å². The highest BCUT2D eigenvalue weighted by Gasteiger charge is 2.21. The minimum Gasteiger partial charge on any atom is -0.308 e. The first kappa shape index (κ1) is 26.3. The molecule has 0 saturated heterocycles. The molecule has 1 aliphatic rings. The van der Waals surface area contributed by atoms with Crippen molar-refractivity contribution in [1.29, 1.82) is 0 Å². The van der Waals surface area contributed by atoms with Gasteiger partial charge in [0, 0.05) is 36.7 Å². The maximum atomic E-state index is 14.8. The van der Waals surface area contributed by atoms with Gasteiger partial charge in [-0.1, -0.05) is 61.8 Å². The SMILES string of the molecule is C=C(/C=C\SC)C1C#CCC(CCc2c#cc(Cc3ccc(C)c(CC)c3)c(F)c2)=NC(=O)N1C. The highest BCUT2D eigenvalue weighted by Crippen LogP contribution is 2.18. The van der Waals surface area contributed by atoms with Crippen molar-refractivity contribution in [2.75, 3.05) is 13.3 Å². The number of benzene rings is 1. The average Bonchev–Trinajstić information content (AvgIpc) is 2.84. The molecule has 3 nitrogen and oxygen atoms in total. The first-order chi connectivity index (χ1) is 16.8. The minimum atomic E-state index is -0.400.